The Hall–Kier alpha value is -3.63. The summed E-state index contributed by atoms with van der Waals surface area (Å²) in [7, 11) is 0. The van der Waals surface area contributed by atoms with E-state index < -0.39 is 11.7 Å². The van der Waals surface area contributed by atoms with Crippen molar-refractivity contribution in [1.29, 1.82) is 0 Å². The smallest absolute Gasteiger partial charge is 0.368 e. The molecule has 0 saturated carbocycles. The van der Waals surface area contributed by atoms with Gasteiger partial charge in [0.25, 0.3) is 0 Å². The summed E-state index contributed by atoms with van der Waals surface area (Å²) in [6, 6.07) is 16.3. The lowest BCUT2D eigenvalue weighted by atomic mass is 10.1. The van der Waals surface area contributed by atoms with Crippen molar-refractivity contribution < 1.29 is 18.0 Å². The van der Waals surface area contributed by atoms with Crippen molar-refractivity contribution in [2.45, 2.75) is 31.6 Å². The summed E-state index contributed by atoms with van der Waals surface area (Å²) >= 11 is 0. The molecule has 0 spiro atoms. The first-order valence-electron chi connectivity index (χ1n) is 13.4. The third-order valence-corrected chi connectivity index (χ3v) is 7.75. The van der Waals surface area contributed by atoms with Crippen LogP contribution in [0.1, 0.15) is 24.0 Å². The highest BCUT2D eigenvalue weighted by Crippen LogP contribution is 2.40. The van der Waals surface area contributed by atoms with Crippen LogP contribution >= 0.6 is 0 Å². The lowest BCUT2D eigenvalue weighted by Crippen LogP contribution is -2.46. The SMILES string of the molecule is O=C(Nc1cccc(CN2CCNCC2)c1)N1c2nc(-c3cccc(C(F)(F)F)c3)ccc2N2CCC1CC2. The summed E-state index contributed by atoms with van der Waals surface area (Å²) in [5.74, 6) is 0.486. The average molecular weight is 537 g/mol. The first-order valence-corrected chi connectivity index (χ1v) is 13.4. The number of hydrogen-bond acceptors (Lipinski definition) is 5. The van der Waals surface area contributed by atoms with Crippen LogP contribution < -0.4 is 20.4 Å². The highest BCUT2D eigenvalue weighted by molar-refractivity contribution is 6.04. The second-order valence-electron chi connectivity index (χ2n) is 10.4. The number of aromatic nitrogens is 1. The number of pyridine rings is 1. The lowest BCUT2D eigenvalue weighted by Gasteiger charge is -2.31. The van der Waals surface area contributed by atoms with Crippen LogP contribution in [0.4, 0.5) is 35.2 Å². The van der Waals surface area contributed by atoms with Gasteiger partial charge in [-0.05, 0) is 54.8 Å². The summed E-state index contributed by atoms with van der Waals surface area (Å²) in [5, 5.41) is 6.44. The Morgan fingerprint density at radius 2 is 1.74 bits per heavy atom. The predicted molar refractivity (Wildman–Crippen MR) is 146 cm³/mol. The number of alkyl halides is 3. The Morgan fingerprint density at radius 1 is 0.974 bits per heavy atom. The Kier molecular flexibility index (Phi) is 6.90. The molecule has 204 valence electrons. The number of carbonyl (C=O) groups is 1. The largest absolute Gasteiger partial charge is 0.416 e. The maximum Gasteiger partial charge on any atom is 0.416 e. The molecule has 2 fully saturated rings. The molecule has 2 N–H and O–H groups in total. The van der Waals surface area contributed by atoms with Gasteiger partial charge in [0.15, 0.2) is 5.82 Å². The summed E-state index contributed by atoms with van der Waals surface area (Å²) in [5.41, 5.74) is 2.70. The summed E-state index contributed by atoms with van der Waals surface area (Å²) in [6.45, 7) is 6.33. The maximum absolute atomic E-state index is 13.8. The van der Waals surface area contributed by atoms with E-state index in [1.54, 1.807) is 17.0 Å². The van der Waals surface area contributed by atoms with Crippen LogP contribution in [0.2, 0.25) is 0 Å². The molecule has 39 heavy (non-hydrogen) atoms. The maximum atomic E-state index is 13.8. The van der Waals surface area contributed by atoms with Crippen LogP contribution in [-0.4, -0.2) is 61.2 Å². The van der Waals surface area contributed by atoms with Gasteiger partial charge in [-0.3, -0.25) is 9.80 Å². The molecule has 4 aliphatic rings. The normalized spacial score (nSPS) is 18.1. The molecule has 2 bridgehead atoms. The van der Waals surface area contributed by atoms with E-state index in [9.17, 15) is 18.0 Å². The average Bonchev–Trinajstić information content (AvgIpc) is 3.19. The molecular weight excluding hydrogens is 505 g/mol. The van der Waals surface area contributed by atoms with Crippen molar-refractivity contribution in [2.75, 3.05) is 54.4 Å². The fourth-order valence-electron chi connectivity index (χ4n) is 5.74. The number of piperazine rings is 1. The fraction of sp³-hybridized carbons (Fsp3) is 0.379. The van der Waals surface area contributed by atoms with E-state index in [4.69, 9.17) is 4.98 Å². The van der Waals surface area contributed by atoms with Crippen molar-refractivity contribution in [3.63, 3.8) is 0 Å². The van der Waals surface area contributed by atoms with E-state index in [0.717, 1.165) is 82.0 Å². The Morgan fingerprint density at radius 3 is 2.51 bits per heavy atom. The van der Waals surface area contributed by atoms with Crippen LogP contribution in [0.25, 0.3) is 11.3 Å². The van der Waals surface area contributed by atoms with Crippen molar-refractivity contribution in [3.8, 4) is 11.3 Å². The van der Waals surface area contributed by atoms with Crippen molar-refractivity contribution >= 4 is 23.2 Å². The first-order chi connectivity index (χ1) is 18.8. The van der Waals surface area contributed by atoms with E-state index in [-0.39, 0.29) is 12.1 Å². The monoisotopic (exact) mass is 536 g/mol. The standard InChI is InChI=1S/C29H31F3N6O/c30-29(31,32)22-5-2-4-21(18-22)25-7-8-26-27(35-25)38(24-9-13-37(26)14-10-24)28(39)34-23-6-1-3-20(17-23)19-36-15-11-33-12-16-36/h1-8,17-18,24,33H,9-16,19H2,(H,34,39). The van der Waals surface area contributed by atoms with E-state index in [2.05, 4.69) is 26.5 Å². The number of fused-ring (bicyclic) bond motifs is 2. The van der Waals surface area contributed by atoms with Gasteiger partial charge in [-0.1, -0.05) is 24.3 Å². The van der Waals surface area contributed by atoms with Gasteiger partial charge in [0.1, 0.15) is 0 Å². The molecule has 1 aromatic heterocycles. The number of nitrogens with zero attached hydrogens (tertiary/aromatic N) is 4. The number of benzene rings is 2. The molecule has 5 heterocycles. The highest BCUT2D eigenvalue weighted by atomic mass is 19.4. The van der Waals surface area contributed by atoms with Crippen LogP contribution in [-0.2, 0) is 12.7 Å². The zero-order chi connectivity index (χ0) is 27.0. The number of nitrogens with one attached hydrogen (secondary N) is 2. The molecule has 7 nitrogen and oxygen atoms in total. The molecule has 0 aliphatic carbocycles. The molecule has 7 rings (SSSR count). The molecule has 0 radical (unpaired) electrons. The van der Waals surface area contributed by atoms with E-state index in [0.29, 0.717) is 22.8 Å². The van der Waals surface area contributed by atoms with Crippen LogP contribution in [0.15, 0.2) is 60.7 Å². The van der Waals surface area contributed by atoms with Crippen LogP contribution in [0.3, 0.4) is 0 Å². The van der Waals surface area contributed by atoms with Gasteiger partial charge in [0, 0.05) is 63.1 Å². The Balaban J connectivity index is 1.29. The van der Waals surface area contributed by atoms with Gasteiger partial charge in [-0.15, -0.1) is 0 Å². The van der Waals surface area contributed by atoms with Crippen molar-refractivity contribution in [3.05, 3.63) is 71.8 Å². The fourth-order valence-corrected chi connectivity index (χ4v) is 5.74. The van der Waals surface area contributed by atoms with Gasteiger partial charge in [-0.25, -0.2) is 9.78 Å². The van der Waals surface area contributed by atoms with Crippen molar-refractivity contribution in [2.24, 2.45) is 0 Å². The van der Waals surface area contributed by atoms with Gasteiger partial charge in [0.05, 0.1) is 16.9 Å². The van der Waals surface area contributed by atoms with E-state index in [1.807, 2.05) is 24.3 Å². The number of hydrogen-bond donors (Lipinski definition) is 2. The number of amides is 2. The van der Waals surface area contributed by atoms with Crippen molar-refractivity contribution in [1.82, 2.24) is 15.2 Å². The number of rotatable bonds is 4. The third-order valence-electron chi connectivity index (χ3n) is 7.75. The van der Waals surface area contributed by atoms with Gasteiger partial charge >= 0.3 is 12.2 Å². The number of anilines is 3. The molecule has 2 amide bonds. The van der Waals surface area contributed by atoms with Crippen LogP contribution in [0.5, 0.6) is 0 Å². The second-order valence-corrected chi connectivity index (χ2v) is 10.4. The summed E-state index contributed by atoms with van der Waals surface area (Å²) in [6.07, 6.45) is -2.85. The van der Waals surface area contributed by atoms with Gasteiger partial charge in [0.2, 0.25) is 0 Å². The minimum absolute atomic E-state index is 0.0456. The molecule has 0 unspecified atom stereocenters. The quantitative estimate of drug-likeness (QED) is 0.481. The molecule has 2 aromatic carbocycles. The lowest BCUT2D eigenvalue weighted by molar-refractivity contribution is -0.137. The second kappa shape index (κ2) is 10.5. The zero-order valence-corrected chi connectivity index (χ0v) is 21.5. The number of halogens is 3. The van der Waals surface area contributed by atoms with Gasteiger partial charge < -0.3 is 15.5 Å². The Bertz CT molecular complexity index is 1350. The summed E-state index contributed by atoms with van der Waals surface area (Å²) in [4.78, 5) is 24.9. The molecule has 3 aromatic rings. The predicted octanol–water partition coefficient (Wildman–Crippen LogP) is 5.19. The first kappa shape index (κ1) is 25.6. The van der Waals surface area contributed by atoms with Gasteiger partial charge in [-0.2, -0.15) is 13.2 Å². The van der Waals surface area contributed by atoms with E-state index >= 15 is 0 Å². The van der Waals surface area contributed by atoms with E-state index in [1.165, 1.54) is 6.07 Å². The molecule has 10 heteroatoms. The minimum atomic E-state index is -4.45. The zero-order valence-electron chi connectivity index (χ0n) is 21.5. The van der Waals surface area contributed by atoms with Crippen LogP contribution in [0, 0.1) is 0 Å². The molecular formula is C29H31F3N6O. The Labute approximate surface area is 225 Å². The minimum Gasteiger partial charge on any atom is -0.368 e. The number of piperidine rings is 1. The molecule has 2 saturated heterocycles. The molecule has 4 aliphatic heterocycles. The topological polar surface area (TPSA) is 63.7 Å². The molecule has 0 atom stereocenters. The third kappa shape index (κ3) is 5.44. The highest BCUT2D eigenvalue weighted by Gasteiger charge is 2.37. The summed E-state index contributed by atoms with van der Waals surface area (Å²) < 4.78 is 40.1. The number of carbonyl (C=O) groups excluding carboxylic acids is 1. The number of urea groups is 1.